The maximum absolute atomic E-state index is 5.40. The molecule has 0 aliphatic heterocycles. The molecule has 5 heteroatoms. The monoisotopic (exact) mass is 198 g/mol. The second-order valence-corrected chi connectivity index (χ2v) is 2.69. The first-order valence-corrected chi connectivity index (χ1v) is 3.45. The van der Waals surface area contributed by atoms with Gasteiger partial charge in [0.05, 0.1) is 0 Å². The highest BCUT2D eigenvalue weighted by Crippen LogP contribution is 2.02. The zero-order valence-corrected chi connectivity index (χ0v) is 7.50. The second-order valence-electron chi connectivity index (χ2n) is 1.37. The fourth-order valence-electron chi connectivity index (χ4n) is 0.252. The highest BCUT2D eigenvalue weighted by Gasteiger charge is 1.90. The average molecular weight is 199 g/mol. The van der Waals surface area contributed by atoms with Crippen molar-refractivity contribution >= 4 is 45.3 Å². The lowest BCUT2D eigenvalue weighted by molar-refractivity contribution is 1.51. The van der Waals surface area contributed by atoms with E-state index in [2.05, 4.69) is 16.6 Å². The van der Waals surface area contributed by atoms with E-state index in [9.17, 15) is 0 Å². The zero-order valence-electron chi connectivity index (χ0n) is 5.24. The standard InChI is InChI=1S/C5H5Cl3N2/c1-3(6)9-5(8)10-4(2)7/h1H2,2H3/b9-5-,10-4+. The van der Waals surface area contributed by atoms with E-state index in [1.165, 1.54) is 0 Å². The Morgan fingerprint density at radius 2 is 1.70 bits per heavy atom. The quantitative estimate of drug-likeness (QED) is 0.352. The summed E-state index contributed by atoms with van der Waals surface area (Å²) in [5.74, 6) is 0. The summed E-state index contributed by atoms with van der Waals surface area (Å²) in [7, 11) is 0. The molecule has 10 heavy (non-hydrogen) atoms. The Kier molecular flexibility index (Phi) is 4.69. The third-order valence-electron chi connectivity index (χ3n) is 0.460. The number of hydrogen-bond acceptors (Lipinski definition) is 1. The van der Waals surface area contributed by atoms with Crippen LogP contribution >= 0.6 is 34.8 Å². The molecule has 0 aromatic rings. The third kappa shape index (κ3) is 6.08. The van der Waals surface area contributed by atoms with Crippen LogP contribution in [0.15, 0.2) is 21.7 Å². The van der Waals surface area contributed by atoms with Crippen molar-refractivity contribution in [3.05, 3.63) is 11.7 Å². The Labute approximate surface area is 74.2 Å². The van der Waals surface area contributed by atoms with Crippen molar-refractivity contribution in [2.75, 3.05) is 0 Å². The molecular weight excluding hydrogens is 194 g/mol. The molecule has 0 N–H and O–H groups in total. The summed E-state index contributed by atoms with van der Waals surface area (Å²) in [6.07, 6.45) is 0. The molecule has 0 saturated carbocycles. The maximum atomic E-state index is 5.40. The molecule has 0 fully saturated rings. The van der Waals surface area contributed by atoms with Gasteiger partial charge in [-0.05, 0) is 18.5 Å². The van der Waals surface area contributed by atoms with Crippen molar-refractivity contribution in [3.8, 4) is 0 Å². The molecule has 0 aromatic carbocycles. The van der Waals surface area contributed by atoms with Gasteiger partial charge < -0.3 is 0 Å². The number of aliphatic imine (C=N–C) groups is 2. The number of rotatable bonds is 1. The van der Waals surface area contributed by atoms with Gasteiger partial charge in [0.1, 0.15) is 10.3 Å². The van der Waals surface area contributed by atoms with Gasteiger partial charge in [-0.25, -0.2) is 9.98 Å². The van der Waals surface area contributed by atoms with E-state index >= 15 is 0 Å². The lowest BCUT2D eigenvalue weighted by Gasteiger charge is -1.87. The van der Waals surface area contributed by atoms with Crippen LogP contribution in [0.25, 0.3) is 0 Å². The number of nitrogens with zero attached hydrogens (tertiary/aromatic N) is 2. The Balaban J connectivity index is 4.22. The van der Waals surface area contributed by atoms with Gasteiger partial charge in [0.2, 0.25) is 5.29 Å². The van der Waals surface area contributed by atoms with Crippen LogP contribution in [0.3, 0.4) is 0 Å². The number of amidine groups is 1. The summed E-state index contributed by atoms with van der Waals surface area (Å²) in [5, 5.41) is 0.353. The second kappa shape index (κ2) is 4.72. The predicted octanol–water partition coefficient (Wildman–Crippen LogP) is 2.95. The van der Waals surface area contributed by atoms with Gasteiger partial charge in [0.25, 0.3) is 0 Å². The van der Waals surface area contributed by atoms with Crippen molar-refractivity contribution in [2.24, 2.45) is 9.98 Å². The zero-order chi connectivity index (χ0) is 8.15. The normalized spacial score (nSPS) is 13.6. The van der Waals surface area contributed by atoms with Gasteiger partial charge in [-0.1, -0.05) is 29.8 Å². The first-order chi connectivity index (χ1) is 4.52. The van der Waals surface area contributed by atoms with Crippen LogP contribution in [0.2, 0.25) is 0 Å². The Hall–Kier alpha value is -0.0500. The predicted molar refractivity (Wildman–Crippen MR) is 47.2 cm³/mol. The molecule has 56 valence electrons. The molecule has 0 amide bonds. The minimum Gasteiger partial charge on any atom is -0.211 e. The van der Waals surface area contributed by atoms with Crippen LogP contribution in [0.4, 0.5) is 0 Å². The molecule has 0 atom stereocenters. The summed E-state index contributed by atoms with van der Waals surface area (Å²) in [6, 6.07) is 0. The molecule has 0 unspecified atom stereocenters. The average Bonchev–Trinajstić information content (AvgIpc) is 1.58. The van der Waals surface area contributed by atoms with Gasteiger partial charge in [-0.2, -0.15) is 0 Å². The van der Waals surface area contributed by atoms with Crippen molar-refractivity contribution in [1.29, 1.82) is 0 Å². The SMILES string of the molecule is C=C(Cl)/N=C(Cl)\N=C(/C)Cl. The molecule has 0 rings (SSSR count). The van der Waals surface area contributed by atoms with Crippen molar-refractivity contribution < 1.29 is 0 Å². The highest BCUT2D eigenvalue weighted by atomic mass is 35.5. The molecular formula is C5H5Cl3N2. The smallest absolute Gasteiger partial charge is 0.211 e. The van der Waals surface area contributed by atoms with Gasteiger partial charge in [-0.15, -0.1) is 0 Å². The Morgan fingerprint density at radius 1 is 1.20 bits per heavy atom. The fourth-order valence-corrected chi connectivity index (χ4v) is 0.728. The van der Waals surface area contributed by atoms with E-state index in [-0.39, 0.29) is 10.5 Å². The Morgan fingerprint density at radius 3 is 2.00 bits per heavy atom. The van der Waals surface area contributed by atoms with Gasteiger partial charge >= 0.3 is 0 Å². The van der Waals surface area contributed by atoms with Crippen molar-refractivity contribution in [1.82, 2.24) is 0 Å². The maximum Gasteiger partial charge on any atom is 0.224 e. The van der Waals surface area contributed by atoms with Crippen LogP contribution in [-0.2, 0) is 0 Å². The summed E-state index contributed by atoms with van der Waals surface area (Å²) < 4.78 is 0. The van der Waals surface area contributed by atoms with Gasteiger partial charge in [0, 0.05) is 0 Å². The van der Waals surface area contributed by atoms with E-state index in [1.54, 1.807) is 6.92 Å². The van der Waals surface area contributed by atoms with Crippen LogP contribution in [0.1, 0.15) is 6.92 Å². The molecule has 0 bridgehead atoms. The highest BCUT2D eigenvalue weighted by molar-refractivity contribution is 6.71. The van der Waals surface area contributed by atoms with E-state index in [0.717, 1.165) is 0 Å². The van der Waals surface area contributed by atoms with E-state index in [4.69, 9.17) is 34.8 Å². The molecule has 0 aliphatic carbocycles. The van der Waals surface area contributed by atoms with Gasteiger partial charge in [0.15, 0.2) is 0 Å². The molecule has 0 aliphatic rings. The van der Waals surface area contributed by atoms with E-state index < -0.39 is 0 Å². The van der Waals surface area contributed by atoms with Gasteiger partial charge in [-0.3, -0.25) is 0 Å². The third-order valence-corrected chi connectivity index (χ3v) is 0.798. The van der Waals surface area contributed by atoms with Crippen LogP contribution in [0, 0.1) is 0 Å². The molecule has 0 heterocycles. The summed E-state index contributed by atoms with van der Waals surface area (Å²) in [5.41, 5.74) is 0. The lowest BCUT2D eigenvalue weighted by Crippen LogP contribution is -1.84. The summed E-state index contributed by atoms with van der Waals surface area (Å²) in [4.78, 5) is 7.07. The van der Waals surface area contributed by atoms with Crippen LogP contribution in [0.5, 0.6) is 0 Å². The minimum atomic E-state index is -0.0208. The van der Waals surface area contributed by atoms with Crippen molar-refractivity contribution in [2.45, 2.75) is 6.92 Å². The summed E-state index contributed by atoms with van der Waals surface area (Å²) in [6.45, 7) is 4.86. The largest absolute Gasteiger partial charge is 0.224 e. The molecule has 2 nitrogen and oxygen atoms in total. The first kappa shape index (κ1) is 9.95. The fraction of sp³-hybridized carbons (Fsp3) is 0.200. The molecule has 0 spiro atoms. The van der Waals surface area contributed by atoms with E-state index in [1.807, 2.05) is 0 Å². The minimum absolute atomic E-state index is 0.0208. The first-order valence-electron chi connectivity index (χ1n) is 2.31. The van der Waals surface area contributed by atoms with Crippen molar-refractivity contribution in [3.63, 3.8) is 0 Å². The number of halogens is 3. The molecule has 0 radical (unpaired) electrons. The topological polar surface area (TPSA) is 24.7 Å². The lowest BCUT2D eigenvalue weighted by atomic mass is 10.9. The van der Waals surface area contributed by atoms with Crippen LogP contribution < -0.4 is 0 Å². The molecule has 0 saturated heterocycles. The number of hydrogen-bond donors (Lipinski definition) is 0. The van der Waals surface area contributed by atoms with Crippen LogP contribution in [-0.4, -0.2) is 10.5 Å². The Bertz CT molecular complexity index is 191. The molecule has 0 aromatic heterocycles. The van der Waals surface area contributed by atoms with E-state index in [0.29, 0.717) is 5.17 Å². The summed E-state index contributed by atoms with van der Waals surface area (Å²) >= 11 is 16.0.